The Hall–Kier alpha value is -0.650. The van der Waals surface area contributed by atoms with Gasteiger partial charge in [-0.3, -0.25) is 19.2 Å². The van der Waals surface area contributed by atoms with Crippen molar-refractivity contribution in [2.45, 2.75) is 20.8 Å². The molecule has 0 saturated heterocycles. The zero-order chi connectivity index (χ0) is 10.6. The Balaban J connectivity index is 0. The molecule has 78 valence electrons. The quantitative estimate of drug-likeness (QED) is 0.478. The molecule has 0 atom stereocenters. The van der Waals surface area contributed by atoms with Gasteiger partial charge < -0.3 is 4.74 Å². The van der Waals surface area contributed by atoms with Crippen LogP contribution in [0.25, 0.3) is 0 Å². The van der Waals surface area contributed by atoms with Crippen LogP contribution in [0.15, 0.2) is 0 Å². The second-order valence-corrected chi connectivity index (χ2v) is 2.57. The predicted octanol–water partition coefficient (Wildman–Crippen LogP) is -1.31. The van der Waals surface area contributed by atoms with Crippen molar-refractivity contribution in [1.82, 2.24) is 0 Å². The second-order valence-electron chi connectivity index (χ2n) is 2.57. The first kappa shape index (κ1) is 15.8. The molecule has 0 fully saturated rings. The molecule has 0 aliphatic heterocycles. The van der Waals surface area contributed by atoms with Gasteiger partial charge in [0.1, 0.15) is 0 Å². The predicted molar refractivity (Wildman–Crippen MR) is 51.6 cm³/mol. The third kappa shape index (κ3) is 5.16. The Morgan fingerprint density at radius 1 is 0.929 bits per heavy atom. The molecule has 0 heterocycles. The van der Waals surface area contributed by atoms with E-state index in [0.29, 0.717) is 0 Å². The standard InChI is InChI=1S/C8H10O5.In.3H/c1-4(9)7(5(2)10)8(12)13-6(3)11;;;;/h7H,1-3H3;;;;. The summed E-state index contributed by atoms with van der Waals surface area (Å²) in [6, 6.07) is 0. The van der Waals surface area contributed by atoms with Crippen LogP contribution in [0.3, 0.4) is 0 Å². The fourth-order valence-corrected chi connectivity index (χ4v) is 0.819. The van der Waals surface area contributed by atoms with E-state index in [1.807, 2.05) is 0 Å². The Labute approximate surface area is 100.0 Å². The molecule has 0 radical (unpaired) electrons. The van der Waals surface area contributed by atoms with Crippen LogP contribution in [0.2, 0.25) is 0 Å². The number of carbonyl (C=O) groups is 4. The number of ketones is 2. The van der Waals surface area contributed by atoms with Gasteiger partial charge in [0.05, 0.1) is 0 Å². The van der Waals surface area contributed by atoms with E-state index in [1.165, 1.54) is 0 Å². The van der Waals surface area contributed by atoms with Gasteiger partial charge in [0.25, 0.3) is 0 Å². The zero-order valence-electron chi connectivity index (χ0n) is 7.62. The molecule has 6 heteroatoms. The number of hydrogen-bond donors (Lipinski definition) is 0. The van der Waals surface area contributed by atoms with Gasteiger partial charge in [-0.15, -0.1) is 0 Å². The van der Waals surface area contributed by atoms with E-state index in [-0.39, 0.29) is 25.8 Å². The molecule has 0 bridgehead atoms. The van der Waals surface area contributed by atoms with Crippen molar-refractivity contribution in [2.75, 3.05) is 0 Å². The molecule has 0 rings (SSSR count). The van der Waals surface area contributed by atoms with Crippen LogP contribution in [-0.2, 0) is 23.9 Å². The summed E-state index contributed by atoms with van der Waals surface area (Å²) in [5.74, 6) is -4.66. The van der Waals surface area contributed by atoms with Crippen LogP contribution in [0, 0.1) is 5.92 Å². The van der Waals surface area contributed by atoms with E-state index >= 15 is 0 Å². The Morgan fingerprint density at radius 2 is 1.29 bits per heavy atom. The fraction of sp³-hybridized carbons (Fsp3) is 0.500. The van der Waals surface area contributed by atoms with Crippen LogP contribution >= 0.6 is 0 Å². The number of esters is 2. The molecule has 14 heavy (non-hydrogen) atoms. The summed E-state index contributed by atoms with van der Waals surface area (Å²) in [6.07, 6.45) is 0. The second kappa shape index (κ2) is 6.75. The van der Waals surface area contributed by atoms with Crippen molar-refractivity contribution in [3.63, 3.8) is 0 Å². The van der Waals surface area contributed by atoms with Crippen LogP contribution in [0.5, 0.6) is 0 Å². The molecule has 0 aliphatic carbocycles. The van der Waals surface area contributed by atoms with Crippen LogP contribution in [-0.4, -0.2) is 49.3 Å². The number of carbonyl (C=O) groups excluding carboxylic acids is 4. The molecule has 0 saturated carbocycles. The number of Topliss-reactive ketones (excluding diaryl/α,β-unsaturated/α-hetero) is 2. The van der Waals surface area contributed by atoms with E-state index in [0.717, 1.165) is 20.8 Å². The van der Waals surface area contributed by atoms with Gasteiger partial charge in [-0.25, -0.2) is 0 Å². The molecule has 0 aliphatic rings. The number of hydrogen-bond acceptors (Lipinski definition) is 5. The van der Waals surface area contributed by atoms with Gasteiger partial charge in [0, 0.05) is 6.92 Å². The van der Waals surface area contributed by atoms with Crippen molar-refractivity contribution < 1.29 is 23.9 Å². The average molecular weight is 304 g/mol. The molecule has 0 spiro atoms. The van der Waals surface area contributed by atoms with Crippen molar-refractivity contribution in [1.29, 1.82) is 0 Å². The van der Waals surface area contributed by atoms with Gasteiger partial charge >= 0.3 is 37.8 Å². The minimum atomic E-state index is -1.47. The van der Waals surface area contributed by atoms with Crippen molar-refractivity contribution in [3.05, 3.63) is 0 Å². The van der Waals surface area contributed by atoms with E-state index in [4.69, 9.17) is 0 Å². The molecule has 0 aromatic carbocycles. The maximum absolute atomic E-state index is 11.0. The number of ether oxygens (including phenoxy) is 1. The van der Waals surface area contributed by atoms with E-state index in [2.05, 4.69) is 4.74 Å². The first-order valence-electron chi connectivity index (χ1n) is 3.59. The summed E-state index contributed by atoms with van der Waals surface area (Å²) in [5.41, 5.74) is 0. The van der Waals surface area contributed by atoms with Crippen LogP contribution in [0.1, 0.15) is 20.8 Å². The average Bonchev–Trinajstić information content (AvgIpc) is 1.81. The van der Waals surface area contributed by atoms with Crippen molar-refractivity contribution in [2.24, 2.45) is 5.92 Å². The Bertz CT molecular complexity index is 257. The first-order chi connectivity index (χ1) is 5.86. The van der Waals surface area contributed by atoms with Crippen molar-refractivity contribution >= 4 is 49.3 Å². The molecule has 5 nitrogen and oxygen atoms in total. The summed E-state index contributed by atoms with van der Waals surface area (Å²) in [4.78, 5) is 42.8. The SMILES string of the molecule is CC(=O)OC(=O)C(C(C)=O)C(C)=O.[InH3]. The van der Waals surface area contributed by atoms with Gasteiger partial charge in [-0.05, 0) is 13.8 Å². The summed E-state index contributed by atoms with van der Waals surface area (Å²) >= 11 is 0. The molecule has 0 N–H and O–H groups in total. The van der Waals surface area contributed by atoms with Gasteiger partial charge in [0.15, 0.2) is 17.5 Å². The molecule has 0 amide bonds. The normalized spacial score (nSPS) is 8.86. The topological polar surface area (TPSA) is 77.5 Å². The maximum atomic E-state index is 11.0. The van der Waals surface area contributed by atoms with E-state index in [1.54, 1.807) is 0 Å². The molecule has 0 aromatic heterocycles. The van der Waals surface area contributed by atoms with E-state index in [9.17, 15) is 19.2 Å². The molecular weight excluding hydrogens is 291 g/mol. The monoisotopic (exact) mass is 304 g/mol. The summed E-state index contributed by atoms with van der Waals surface area (Å²) < 4.78 is 4.12. The third-order valence-electron chi connectivity index (χ3n) is 1.29. The molecular formula is C8H13InO5. The zero-order valence-corrected chi connectivity index (χ0v) is 7.62. The third-order valence-corrected chi connectivity index (χ3v) is 1.29. The van der Waals surface area contributed by atoms with Crippen LogP contribution < -0.4 is 0 Å². The Morgan fingerprint density at radius 3 is 1.50 bits per heavy atom. The van der Waals surface area contributed by atoms with Crippen LogP contribution in [0.4, 0.5) is 0 Å². The van der Waals surface area contributed by atoms with Crippen molar-refractivity contribution in [3.8, 4) is 0 Å². The Kier molecular flexibility index (Phi) is 7.62. The number of rotatable bonds is 3. The minimum absolute atomic E-state index is 0. The summed E-state index contributed by atoms with van der Waals surface area (Å²) in [5, 5.41) is 0. The summed E-state index contributed by atoms with van der Waals surface area (Å²) in [6.45, 7) is 3.20. The molecule has 0 unspecified atom stereocenters. The fourth-order valence-electron chi connectivity index (χ4n) is 0.819. The first-order valence-corrected chi connectivity index (χ1v) is 3.59. The van der Waals surface area contributed by atoms with Gasteiger partial charge in [-0.2, -0.15) is 0 Å². The summed E-state index contributed by atoms with van der Waals surface area (Å²) in [7, 11) is 0. The van der Waals surface area contributed by atoms with Gasteiger partial charge in [-0.1, -0.05) is 0 Å². The molecule has 0 aromatic rings. The van der Waals surface area contributed by atoms with Gasteiger partial charge in [0.2, 0.25) is 0 Å². The van der Waals surface area contributed by atoms with E-state index < -0.39 is 29.4 Å².